The van der Waals surface area contributed by atoms with Crippen LogP contribution in [0.25, 0.3) is 0 Å². The molecule has 0 aliphatic heterocycles. The first-order valence-electron chi connectivity index (χ1n) is 7.78. The summed E-state index contributed by atoms with van der Waals surface area (Å²) < 4.78 is 46.4. The van der Waals surface area contributed by atoms with Crippen LogP contribution in [0.5, 0.6) is 11.5 Å². The molecule has 2 aromatic rings. The van der Waals surface area contributed by atoms with E-state index >= 15 is 0 Å². The van der Waals surface area contributed by atoms with Crippen LogP contribution in [-0.2, 0) is 6.54 Å². The Morgan fingerprint density at radius 1 is 1.08 bits per heavy atom. The lowest BCUT2D eigenvalue weighted by Crippen LogP contribution is -2.23. The maximum atomic E-state index is 12.3. The van der Waals surface area contributed by atoms with Crippen molar-refractivity contribution in [3.63, 3.8) is 0 Å². The molecule has 2 aromatic carbocycles. The van der Waals surface area contributed by atoms with Gasteiger partial charge in [0.05, 0.1) is 5.56 Å². The molecular formula is C19H18F3NO3. The van der Waals surface area contributed by atoms with E-state index in [1.165, 1.54) is 12.1 Å². The number of nitrogens with one attached hydrogen (secondary N) is 1. The molecule has 0 unspecified atom stereocenters. The zero-order chi connectivity index (χ0) is 19.0. The van der Waals surface area contributed by atoms with E-state index in [2.05, 4.69) is 16.6 Å². The minimum atomic E-state index is -4.38. The van der Waals surface area contributed by atoms with E-state index < -0.39 is 12.8 Å². The first-order chi connectivity index (χ1) is 12.4. The van der Waals surface area contributed by atoms with Crippen LogP contribution in [0.15, 0.2) is 61.2 Å². The van der Waals surface area contributed by atoms with Crippen molar-refractivity contribution in [1.29, 1.82) is 0 Å². The molecule has 0 bridgehead atoms. The summed E-state index contributed by atoms with van der Waals surface area (Å²) in [5, 5.41) is 2.74. The first-order valence-corrected chi connectivity index (χ1v) is 7.78. The van der Waals surface area contributed by atoms with Gasteiger partial charge in [-0.3, -0.25) is 4.79 Å². The number of benzene rings is 2. The third-order valence-corrected chi connectivity index (χ3v) is 3.27. The Morgan fingerprint density at radius 3 is 2.42 bits per heavy atom. The molecule has 0 spiro atoms. The Hall–Kier alpha value is -2.96. The summed E-state index contributed by atoms with van der Waals surface area (Å²) in [4.78, 5) is 12.3. The molecular weight excluding hydrogens is 347 g/mol. The van der Waals surface area contributed by atoms with Gasteiger partial charge in [-0.2, -0.15) is 13.2 Å². The smallest absolute Gasteiger partial charge is 0.422 e. The van der Waals surface area contributed by atoms with Gasteiger partial charge in [0.1, 0.15) is 18.1 Å². The van der Waals surface area contributed by atoms with Crippen molar-refractivity contribution < 1.29 is 27.4 Å². The summed E-state index contributed by atoms with van der Waals surface area (Å²) >= 11 is 0. The zero-order valence-corrected chi connectivity index (χ0v) is 13.9. The molecule has 26 heavy (non-hydrogen) atoms. The van der Waals surface area contributed by atoms with Crippen molar-refractivity contribution in [3.05, 3.63) is 72.3 Å². The number of halogens is 3. The number of hydrogen-bond acceptors (Lipinski definition) is 3. The van der Waals surface area contributed by atoms with Crippen LogP contribution in [0, 0.1) is 0 Å². The average Bonchev–Trinajstić information content (AvgIpc) is 2.63. The fourth-order valence-electron chi connectivity index (χ4n) is 2.08. The molecule has 0 heterocycles. The van der Waals surface area contributed by atoms with Crippen LogP contribution in [0.2, 0.25) is 0 Å². The van der Waals surface area contributed by atoms with Gasteiger partial charge in [0.25, 0.3) is 5.91 Å². The van der Waals surface area contributed by atoms with Gasteiger partial charge in [-0.15, -0.1) is 0 Å². The van der Waals surface area contributed by atoms with Crippen LogP contribution in [0.4, 0.5) is 13.2 Å². The summed E-state index contributed by atoms with van der Waals surface area (Å²) in [6, 6.07) is 12.8. The van der Waals surface area contributed by atoms with Gasteiger partial charge < -0.3 is 14.8 Å². The monoisotopic (exact) mass is 365 g/mol. The quantitative estimate of drug-likeness (QED) is 0.716. The number of para-hydroxylation sites is 1. The van der Waals surface area contributed by atoms with E-state index in [0.29, 0.717) is 11.3 Å². The van der Waals surface area contributed by atoms with E-state index in [1.54, 1.807) is 42.5 Å². The van der Waals surface area contributed by atoms with Crippen LogP contribution in [-0.4, -0.2) is 25.3 Å². The van der Waals surface area contributed by atoms with Crippen molar-refractivity contribution in [3.8, 4) is 11.5 Å². The first kappa shape index (κ1) is 19.4. The molecule has 0 aliphatic rings. The van der Waals surface area contributed by atoms with Gasteiger partial charge in [-0.1, -0.05) is 36.9 Å². The SMILES string of the molecule is C=CCOc1ccccc1C(=O)NCc1ccc(OCC(F)(F)F)cc1. The minimum absolute atomic E-state index is 0.112. The normalized spacial score (nSPS) is 10.9. The molecule has 2 rings (SSSR count). The molecule has 0 radical (unpaired) electrons. The highest BCUT2D eigenvalue weighted by Crippen LogP contribution is 2.20. The molecule has 0 fully saturated rings. The average molecular weight is 365 g/mol. The third kappa shape index (κ3) is 6.16. The number of amides is 1. The lowest BCUT2D eigenvalue weighted by Gasteiger charge is -2.11. The predicted molar refractivity (Wildman–Crippen MR) is 91.3 cm³/mol. The molecule has 0 aliphatic carbocycles. The second-order valence-electron chi connectivity index (χ2n) is 5.33. The lowest BCUT2D eigenvalue weighted by molar-refractivity contribution is -0.153. The van der Waals surface area contributed by atoms with E-state index in [1.807, 2.05) is 0 Å². The zero-order valence-electron chi connectivity index (χ0n) is 13.9. The van der Waals surface area contributed by atoms with E-state index in [9.17, 15) is 18.0 Å². The Morgan fingerprint density at radius 2 is 1.77 bits per heavy atom. The van der Waals surface area contributed by atoms with Gasteiger partial charge in [0, 0.05) is 6.54 Å². The summed E-state index contributed by atoms with van der Waals surface area (Å²) in [5.41, 5.74) is 1.11. The number of ether oxygens (including phenoxy) is 2. The lowest BCUT2D eigenvalue weighted by atomic mass is 10.1. The van der Waals surface area contributed by atoms with Crippen molar-refractivity contribution in [1.82, 2.24) is 5.32 Å². The van der Waals surface area contributed by atoms with Gasteiger partial charge >= 0.3 is 6.18 Å². The van der Waals surface area contributed by atoms with Crippen LogP contribution >= 0.6 is 0 Å². The predicted octanol–water partition coefficient (Wildman–Crippen LogP) is 4.12. The van der Waals surface area contributed by atoms with Gasteiger partial charge in [-0.25, -0.2) is 0 Å². The Kier molecular flexibility index (Phi) is 6.66. The summed E-state index contributed by atoms with van der Waals surface area (Å²) in [6.07, 6.45) is -2.80. The maximum absolute atomic E-state index is 12.3. The fourth-order valence-corrected chi connectivity index (χ4v) is 2.08. The van der Waals surface area contributed by atoms with E-state index in [4.69, 9.17) is 4.74 Å². The van der Waals surface area contributed by atoms with Crippen molar-refractivity contribution in [2.75, 3.05) is 13.2 Å². The highest BCUT2D eigenvalue weighted by atomic mass is 19.4. The maximum Gasteiger partial charge on any atom is 0.422 e. The van der Waals surface area contributed by atoms with Gasteiger partial charge in [0.2, 0.25) is 0 Å². The molecule has 0 saturated carbocycles. The van der Waals surface area contributed by atoms with Gasteiger partial charge in [0.15, 0.2) is 6.61 Å². The standard InChI is InChI=1S/C19H18F3NO3/c1-2-11-25-17-6-4-3-5-16(17)18(24)23-12-14-7-9-15(10-8-14)26-13-19(20,21)22/h2-10H,1,11-13H2,(H,23,24). The van der Waals surface area contributed by atoms with Gasteiger partial charge in [-0.05, 0) is 29.8 Å². The van der Waals surface area contributed by atoms with Crippen LogP contribution in [0.1, 0.15) is 15.9 Å². The Balaban J connectivity index is 1.92. The van der Waals surface area contributed by atoms with E-state index in [0.717, 1.165) is 5.56 Å². The molecule has 7 heteroatoms. The second-order valence-corrected chi connectivity index (χ2v) is 5.33. The molecule has 0 aromatic heterocycles. The van der Waals surface area contributed by atoms with E-state index in [-0.39, 0.29) is 24.8 Å². The Bertz CT molecular complexity index is 742. The number of alkyl halides is 3. The molecule has 4 nitrogen and oxygen atoms in total. The highest BCUT2D eigenvalue weighted by Gasteiger charge is 2.28. The molecule has 138 valence electrons. The van der Waals surface area contributed by atoms with Crippen LogP contribution < -0.4 is 14.8 Å². The Labute approximate surface area is 149 Å². The highest BCUT2D eigenvalue weighted by molar-refractivity contribution is 5.96. The number of carbonyl (C=O) groups is 1. The molecule has 1 amide bonds. The molecule has 1 N–H and O–H groups in total. The van der Waals surface area contributed by atoms with Crippen molar-refractivity contribution >= 4 is 5.91 Å². The van der Waals surface area contributed by atoms with Crippen molar-refractivity contribution in [2.45, 2.75) is 12.7 Å². The number of rotatable bonds is 8. The third-order valence-electron chi connectivity index (χ3n) is 3.27. The number of carbonyl (C=O) groups excluding carboxylic acids is 1. The fraction of sp³-hybridized carbons (Fsp3) is 0.211. The minimum Gasteiger partial charge on any atom is -0.489 e. The topological polar surface area (TPSA) is 47.6 Å². The summed E-state index contributed by atoms with van der Waals surface area (Å²) in [6.45, 7) is 2.72. The molecule has 0 saturated heterocycles. The van der Waals surface area contributed by atoms with Crippen molar-refractivity contribution in [2.24, 2.45) is 0 Å². The number of hydrogen-bond donors (Lipinski definition) is 1. The largest absolute Gasteiger partial charge is 0.489 e. The summed E-state index contributed by atoms with van der Waals surface area (Å²) in [7, 11) is 0. The molecule has 0 atom stereocenters. The second kappa shape index (κ2) is 8.94. The summed E-state index contributed by atoms with van der Waals surface area (Å²) in [5.74, 6) is 0.239. The van der Waals surface area contributed by atoms with Crippen LogP contribution in [0.3, 0.4) is 0 Å².